The van der Waals surface area contributed by atoms with Crippen LogP contribution in [0.15, 0.2) is 40.9 Å². The topological polar surface area (TPSA) is 77.9 Å². The molecule has 0 radical (unpaired) electrons. The normalized spacial score (nSPS) is 18.1. The first-order valence-electron chi connectivity index (χ1n) is 8.10. The van der Waals surface area contributed by atoms with Gasteiger partial charge in [-0.1, -0.05) is 31.0 Å². The zero-order valence-electron chi connectivity index (χ0n) is 14.1. The summed E-state index contributed by atoms with van der Waals surface area (Å²) in [5.41, 5.74) is 1.53. The second kappa shape index (κ2) is 7.81. The van der Waals surface area contributed by atoms with Crippen molar-refractivity contribution in [3.63, 3.8) is 0 Å². The minimum absolute atomic E-state index is 0.0895. The van der Waals surface area contributed by atoms with Gasteiger partial charge in [0.15, 0.2) is 0 Å². The number of hydrogen-bond donors (Lipinski definition) is 1. The molecule has 1 heterocycles. The van der Waals surface area contributed by atoms with Gasteiger partial charge in [-0.2, -0.15) is 4.31 Å². The number of aryl methyl sites for hydroxylation is 1. The van der Waals surface area contributed by atoms with E-state index in [0.29, 0.717) is 18.8 Å². The molecular weight excluding hydrogens is 328 g/mol. The largest absolute Gasteiger partial charge is 0.478 e. The second-order valence-corrected chi connectivity index (χ2v) is 7.90. The number of piperazine rings is 1. The third-order valence-electron chi connectivity index (χ3n) is 4.09. The van der Waals surface area contributed by atoms with Crippen molar-refractivity contribution >= 4 is 16.0 Å². The monoisotopic (exact) mass is 352 g/mol. The SMILES string of the molecule is CCCCN1CCN(S(=O)(=O)c2ccc(C)cc2)C/C1=C\C(=O)O. The summed E-state index contributed by atoms with van der Waals surface area (Å²) in [6.45, 7) is 5.66. The third-order valence-corrected chi connectivity index (χ3v) is 5.95. The smallest absolute Gasteiger partial charge is 0.330 e. The summed E-state index contributed by atoms with van der Waals surface area (Å²) in [6, 6.07) is 6.71. The lowest BCUT2D eigenvalue weighted by atomic mass is 10.2. The van der Waals surface area contributed by atoms with Gasteiger partial charge >= 0.3 is 5.97 Å². The minimum Gasteiger partial charge on any atom is -0.478 e. The van der Waals surface area contributed by atoms with Gasteiger partial charge in [0.05, 0.1) is 11.4 Å². The van der Waals surface area contributed by atoms with E-state index in [0.717, 1.165) is 31.0 Å². The zero-order valence-corrected chi connectivity index (χ0v) is 14.9. The van der Waals surface area contributed by atoms with Gasteiger partial charge in [-0.25, -0.2) is 13.2 Å². The molecule has 24 heavy (non-hydrogen) atoms. The molecule has 1 aliphatic rings. The van der Waals surface area contributed by atoms with E-state index in [2.05, 4.69) is 6.92 Å². The van der Waals surface area contributed by atoms with Crippen LogP contribution in [0.5, 0.6) is 0 Å². The maximum Gasteiger partial charge on any atom is 0.330 e. The van der Waals surface area contributed by atoms with E-state index in [-0.39, 0.29) is 11.4 Å². The zero-order chi connectivity index (χ0) is 17.7. The molecule has 0 aromatic heterocycles. The number of hydrogen-bond acceptors (Lipinski definition) is 4. The van der Waals surface area contributed by atoms with Crippen molar-refractivity contribution in [2.24, 2.45) is 0 Å². The molecule has 2 rings (SSSR count). The predicted molar refractivity (Wildman–Crippen MR) is 92.1 cm³/mol. The van der Waals surface area contributed by atoms with E-state index in [1.807, 2.05) is 11.8 Å². The number of rotatable bonds is 6. The van der Waals surface area contributed by atoms with Crippen molar-refractivity contribution in [1.82, 2.24) is 9.21 Å². The molecule has 1 aromatic carbocycles. The van der Waals surface area contributed by atoms with Crippen LogP contribution in [-0.4, -0.2) is 54.9 Å². The van der Waals surface area contributed by atoms with E-state index in [1.165, 1.54) is 4.31 Å². The van der Waals surface area contributed by atoms with Crippen LogP contribution in [-0.2, 0) is 14.8 Å². The van der Waals surface area contributed by atoms with Gasteiger partial charge in [-0.05, 0) is 25.5 Å². The summed E-state index contributed by atoms with van der Waals surface area (Å²) in [4.78, 5) is 13.3. The van der Waals surface area contributed by atoms with Crippen LogP contribution in [0.3, 0.4) is 0 Å². The van der Waals surface area contributed by atoms with Crippen LogP contribution >= 0.6 is 0 Å². The Bertz CT molecular complexity index is 711. The van der Waals surface area contributed by atoms with Crippen LogP contribution in [0.2, 0.25) is 0 Å². The Balaban J connectivity index is 2.23. The number of carbonyl (C=O) groups is 1. The fourth-order valence-corrected chi connectivity index (χ4v) is 4.09. The summed E-state index contributed by atoms with van der Waals surface area (Å²) in [7, 11) is -3.62. The number of carboxylic acids is 1. The van der Waals surface area contributed by atoms with E-state index < -0.39 is 16.0 Å². The van der Waals surface area contributed by atoms with Crippen molar-refractivity contribution in [2.75, 3.05) is 26.2 Å². The number of unbranched alkanes of at least 4 members (excludes halogenated alkanes) is 1. The van der Waals surface area contributed by atoms with Gasteiger partial charge in [0.2, 0.25) is 10.0 Å². The molecule has 1 aromatic rings. The Labute approximate surface area is 143 Å². The van der Waals surface area contributed by atoms with Gasteiger partial charge in [0, 0.05) is 31.4 Å². The van der Waals surface area contributed by atoms with E-state index in [1.54, 1.807) is 24.3 Å². The lowest BCUT2D eigenvalue weighted by molar-refractivity contribution is -0.131. The average molecular weight is 352 g/mol. The van der Waals surface area contributed by atoms with Crippen molar-refractivity contribution in [3.05, 3.63) is 41.6 Å². The van der Waals surface area contributed by atoms with Gasteiger partial charge < -0.3 is 10.0 Å². The molecule has 0 atom stereocenters. The highest BCUT2D eigenvalue weighted by Gasteiger charge is 2.30. The maximum absolute atomic E-state index is 12.8. The van der Waals surface area contributed by atoms with Crippen LogP contribution in [0.25, 0.3) is 0 Å². The van der Waals surface area contributed by atoms with E-state index in [4.69, 9.17) is 5.11 Å². The molecule has 132 valence electrons. The number of sulfonamides is 1. The van der Waals surface area contributed by atoms with Crippen LogP contribution in [0.4, 0.5) is 0 Å². The standard InChI is InChI=1S/C17H24N2O4S/c1-3-4-9-18-10-11-19(13-15(18)12-17(20)21)24(22,23)16-7-5-14(2)6-8-16/h5-8,12H,3-4,9-11,13H2,1-2H3,(H,20,21)/b15-12+. The Morgan fingerprint density at radius 3 is 2.50 bits per heavy atom. The first kappa shape index (κ1) is 18.5. The summed E-state index contributed by atoms with van der Waals surface area (Å²) in [6.07, 6.45) is 3.07. The molecule has 0 unspecified atom stereocenters. The van der Waals surface area contributed by atoms with Gasteiger partial charge in [-0.15, -0.1) is 0 Å². The van der Waals surface area contributed by atoms with Gasteiger partial charge in [-0.3, -0.25) is 0 Å². The second-order valence-electron chi connectivity index (χ2n) is 5.97. The van der Waals surface area contributed by atoms with E-state index in [9.17, 15) is 13.2 Å². The molecule has 1 aliphatic heterocycles. The lowest BCUT2D eigenvalue weighted by Crippen LogP contribution is -2.47. The number of benzene rings is 1. The number of carboxylic acid groups (broad SMARTS) is 1. The fourth-order valence-electron chi connectivity index (χ4n) is 2.68. The lowest BCUT2D eigenvalue weighted by Gasteiger charge is -2.37. The van der Waals surface area contributed by atoms with Crippen molar-refractivity contribution in [1.29, 1.82) is 0 Å². The molecule has 1 fully saturated rings. The van der Waals surface area contributed by atoms with Crippen LogP contribution in [0.1, 0.15) is 25.3 Å². The van der Waals surface area contributed by atoms with Crippen molar-refractivity contribution in [3.8, 4) is 0 Å². The van der Waals surface area contributed by atoms with Crippen LogP contribution < -0.4 is 0 Å². The van der Waals surface area contributed by atoms with E-state index >= 15 is 0 Å². The van der Waals surface area contributed by atoms with Gasteiger partial charge in [0.25, 0.3) is 0 Å². The number of nitrogens with zero attached hydrogens (tertiary/aromatic N) is 2. The summed E-state index contributed by atoms with van der Waals surface area (Å²) < 4.78 is 26.9. The molecule has 0 bridgehead atoms. The maximum atomic E-state index is 12.8. The molecule has 7 heteroatoms. The molecule has 0 aliphatic carbocycles. The average Bonchev–Trinajstić information content (AvgIpc) is 2.53. The molecule has 6 nitrogen and oxygen atoms in total. The van der Waals surface area contributed by atoms with Crippen LogP contribution in [0, 0.1) is 6.92 Å². The Hall–Kier alpha value is -1.86. The highest BCUT2D eigenvalue weighted by Crippen LogP contribution is 2.22. The predicted octanol–water partition coefficient (Wildman–Crippen LogP) is 2.07. The Kier molecular flexibility index (Phi) is 6.01. The molecule has 0 saturated carbocycles. The summed E-state index contributed by atoms with van der Waals surface area (Å²) in [5.74, 6) is -1.05. The highest BCUT2D eigenvalue weighted by atomic mass is 32.2. The third kappa shape index (κ3) is 4.36. The molecule has 0 spiro atoms. The highest BCUT2D eigenvalue weighted by molar-refractivity contribution is 7.89. The number of aliphatic carboxylic acids is 1. The first-order valence-corrected chi connectivity index (χ1v) is 9.54. The molecule has 0 amide bonds. The first-order chi connectivity index (χ1) is 11.3. The van der Waals surface area contributed by atoms with Gasteiger partial charge in [0.1, 0.15) is 0 Å². The molecular formula is C17H24N2O4S. The molecule has 1 N–H and O–H groups in total. The Morgan fingerprint density at radius 1 is 1.25 bits per heavy atom. The minimum atomic E-state index is -3.62. The van der Waals surface area contributed by atoms with Crippen molar-refractivity contribution < 1.29 is 18.3 Å². The van der Waals surface area contributed by atoms with Crippen molar-refractivity contribution in [2.45, 2.75) is 31.6 Å². The fraction of sp³-hybridized carbons (Fsp3) is 0.471. The summed E-state index contributed by atoms with van der Waals surface area (Å²) in [5, 5.41) is 9.07. The Morgan fingerprint density at radius 2 is 1.92 bits per heavy atom. The quantitative estimate of drug-likeness (QED) is 0.793. The summed E-state index contributed by atoms with van der Waals surface area (Å²) >= 11 is 0. The molecule has 1 saturated heterocycles.